The van der Waals surface area contributed by atoms with E-state index in [1.807, 2.05) is 48.5 Å². The van der Waals surface area contributed by atoms with E-state index in [4.69, 9.17) is 9.47 Å². The molecule has 0 bridgehead atoms. The van der Waals surface area contributed by atoms with Gasteiger partial charge in [0.25, 0.3) is 0 Å². The molecule has 2 rings (SSSR count). The van der Waals surface area contributed by atoms with Crippen LogP contribution in [-0.2, 0) is 14.3 Å². The van der Waals surface area contributed by atoms with Crippen LogP contribution in [0.4, 0.5) is 4.79 Å². The van der Waals surface area contributed by atoms with Gasteiger partial charge < -0.3 is 14.6 Å². The van der Waals surface area contributed by atoms with Crippen molar-refractivity contribution in [3.8, 4) is 0 Å². The highest BCUT2D eigenvalue weighted by atomic mass is 16.6. The number of aliphatic carboxylic acids is 1. The molecule has 3 atom stereocenters. The number of carboxylic acids is 1. The van der Waals surface area contributed by atoms with Crippen LogP contribution in [0.3, 0.4) is 0 Å². The lowest BCUT2D eigenvalue weighted by molar-refractivity contribution is -0.146. The number of carboxylic acid groups (broad SMARTS) is 1. The van der Waals surface area contributed by atoms with Gasteiger partial charge in [-0.2, -0.15) is 0 Å². The standard InChI is InChI=1S/C23H41NO5/c1-15(2)17(20(25)26)14-19-18(13-16-11-9-8-10-12-16)24(23(6,7)28-19)21(27)29-22(3,4)5/h15-19H,8-14H2,1-7H3,(H,25,26)/t17?,18-,19-/m0/s1. The first-order valence-electron chi connectivity index (χ1n) is 11.2. The minimum absolute atomic E-state index is 0.00474. The van der Waals surface area contributed by atoms with Gasteiger partial charge in [0, 0.05) is 0 Å². The molecule has 0 aromatic carbocycles. The predicted molar refractivity (Wildman–Crippen MR) is 113 cm³/mol. The van der Waals surface area contributed by atoms with Crippen LogP contribution in [-0.4, -0.2) is 45.5 Å². The highest BCUT2D eigenvalue weighted by molar-refractivity contribution is 5.71. The summed E-state index contributed by atoms with van der Waals surface area (Å²) in [6, 6.07) is -0.163. The fraction of sp³-hybridized carbons (Fsp3) is 0.913. The molecule has 1 unspecified atom stereocenters. The quantitative estimate of drug-likeness (QED) is 0.629. The van der Waals surface area contributed by atoms with E-state index in [1.54, 1.807) is 4.90 Å². The van der Waals surface area contributed by atoms with E-state index in [0.717, 1.165) is 6.42 Å². The van der Waals surface area contributed by atoms with Gasteiger partial charge in [-0.05, 0) is 59.3 Å². The zero-order valence-electron chi connectivity index (χ0n) is 19.4. The summed E-state index contributed by atoms with van der Waals surface area (Å²) in [5, 5.41) is 9.71. The van der Waals surface area contributed by atoms with Crippen LogP contribution in [0.1, 0.15) is 93.4 Å². The number of rotatable bonds is 6. The summed E-state index contributed by atoms with van der Waals surface area (Å²) in [6.45, 7) is 13.2. The first kappa shape index (κ1) is 24.0. The number of hydrogen-bond acceptors (Lipinski definition) is 4. The number of carbonyl (C=O) groups excluding carboxylic acids is 1. The number of ether oxygens (including phenoxy) is 2. The van der Waals surface area contributed by atoms with E-state index in [9.17, 15) is 14.7 Å². The van der Waals surface area contributed by atoms with Crippen LogP contribution < -0.4 is 0 Å². The average molecular weight is 412 g/mol. The molecule has 6 nitrogen and oxygen atoms in total. The molecule has 1 amide bonds. The van der Waals surface area contributed by atoms with Gasteiger partial charge in [0.15, 0.2) is 0 Å². The van der Waals surface area contributed by atoms with Crippen LogP contribution in [0.15, 0.2) is 0 Å². The van der Waals surface area contributed by atoms with Gasteiger partial charge in [0.1, 0.15) is 11.3 Å². The van der Waals surface area contributed by atoms with E-state index in [1.165, 1.54) is 32.1 Å². The van der Waals surface area contributed by atoms with Crippen molar-refractivity contribution in [3.63, 3.8) is 0 Å². The molecule has 0 aromatic rings. The molecule has 1 aliphatic carbocycles. The monoisotopic (exact) mass is 411 g/mol. The van der Waals surface area contributed by atoms with E-state index >= 15 is 0 Å². The van der Waals surface area contributed by atoms with Crippen molar-refractivity contribution in [3.05, 3.63) is 0 Å². The molecule has 1 heterocycles. The van der Waals surface area contributed by atoms with Gasteiger partial charge in [0.2, 0.25) is 0 Å². The number of hydrogen-bond donors (Lipinski definition) is 1. The van der Waals surface area contributed by atoms with Gasteiger partial charge >= 0.3 is 12.1 Å². The smallest absolute Gasteiger partial charge is 0.412 e. The summed E-state index contributed by atoms with van der Waals surface area (Å²) in [4.78, 5) is 26.7. The molecule has 2 fully saturated rings. The van der Waals surface area contributed by atoms with Crippen molar-refractivity contribution in [1.29, 1.82) is 0 Å². The summed E-state index contributed by atoms with van der Waals surface area (Å²) in [5.74, 6) is -0.747. The molecule has 2 aliphatic rings. The van der Waals surface area contributed by atoms with Crippen molar-refractivity contribution in [2.45, 2.75) is 117 Å². The first-order valence-corrected chi connectivity index (χ1v) is 11.2. The fourth-order valence-corrected chi connectivity index (χ4v) is 4.87. The molecule has 6 heteroatoms. The molecule has 1 aliphatic heterocycles. The van der Waals surface area contributed by atoms with Crippen LogP contribution >= 0.6 is 0 Å². The Labute approximate surface area is 176 Å². The third-order valence-electron chi connectivity index (χ3n) is 6.28. The molecular formula is C23H41NO5. The lowest BCUT2D eigenvalue weighted by Gasteiger charge is -2.37. The highest BCUT2D eigenvalue weighted by Gasteiger charge is 2.52. The largest absolute Gasteiger partial charge is 0.481 e. The third-order valence-corrected chi connectivity index (χ3v) is 6.28. The zero-order chi connectivity index (χ0) is 22.0. The average Bonchev–Trinajstić information content (AvgIpc) is 2.81. The molecular weight excluding hydrogens is 370 g/mol. The minimum atomic E-state index is -0.827. The lowest BCUT2D eigenvalue weighted by atomic mass is 9.81. The van der Waals surface area contributed by atoms with Gasteiger partial charge in [-0.15, -0.1) is 0 Å². The summed E-state index contributed by atoms with van der Waals surface area (Å²) in [7, 11) is 0. The summed E-state index contributed by atoms with van der Waals surface area (Å²) < 4.78 is 12.1. The van der Waals surface area contributed by atoms with E-state index in [-0.39, 0.29) is 24.2 Å². The Kier molecular flexibility index (Phi) is 7.63. The molecule has 0 spiro atoms. The lowest BCUT2D eigenvalue weighted by Crippen LogP contribution is -2.51. The number of carbonyl (C=O) groups is 2. The van der Waals surface area contributed by atoms with Gasteiger partial charge in [-0.1, -0.05) is 46.0 Å². The van der Waals surface area contributed by atoms with Crippen molar-refractivity contribution in [2.24, 2.45) is 17.8 Å². The SMILES string of the molecule is CC(C)C(C[C@@H]1OC(C)(C)N(C(=O)OC(C)(C)C)[C@H]1CC1CCCCC1)C(=O)O. The van der Waals surface area contributed by atoms with Gasteiger partial charge in [-0.3, -0.25) is 9.69 Å². The number of nitrogens with zero attached hydrogens (tertiary/aromatic N) is 1. The predicted octanol–water partition coefficient (Wildman–Crippen LogP) is 5.44. The zero-order valence-corrected chi connectivity index (χ0v) is 19.4. The van der Waals surface area contributed by atoms with Crippen molar-refractivity contribution in [1.82, 2.24) is 4.90 Å². The normalized spacial score (nSPS) is 26.6. The molecule has 0 radical (unpaired) electrons. The van der Waals surface area contributed by atoms with E-state index in [2.05, 4.69) is 0 Å². The highest BCUT2D eigenvalue weighted by Crippen LogP contribution is 2.41. The van der Waals surface area contributed by atoms with Crippen molar-refractivity contribution >= 4 is 12.1 Å². The van der Waals surface area contributed by atoms with Crippen LogP contribution in [0, 0.1) is 17.8 Å². The second-order valence-electron chi connectivity index (χ2n) is 10.7. The second-order valence-corrected chi connectivity index (χ2v) is 10.7. The molecule has 1 saturated carbocycles. The third kappa shape index (κ3) is 6.34. The Hall–Kier alpha value is -1.30. The Bertz CT molecular complexity index is 574. The number of amides is 1. The Morgan fingerprint density at radius 1 is 1.17 bits per heavy atom. The molecule has 168 valence electrons. The van der Waals surface area contributed by atoms with Crippen LogP contribution in [0.25, 0.3) is 0 Å². The van der Waals surface area contributed by atoms with Crippen molar-refractivity contribution in [2.75, 3.05) is 0 Å². The maximum atomic E-state index is 13.1. The Morgan fingerprint density at radius 2 is 1.76 bits per heavy atom. The second kappa shape index (κ2) is 9.23. The molecule has 29 heavy (non-hydrogen) atoms. The van der Waals surface area contributed by atoms with Crippen LogP contribution in [0.2, 0.25) is 0 Å². The maximum Gasteiger partial charge on any atom is 0.412 e. The summed E-state index contributed by atoms with van der Waals surface area (Å²) in [6.07, 6.45) is 6.63. The van der Waals surface area contributed by atoms with Crippen LogP contribution in [0.5, 0.6) is 0 Å². The first-order chi connectivity index (χ1) is 13.3. The van der Waals surface area contributed by atoms with Gasteiger partial charge in [0.05, 0.1) is 18.1 Å². The topological polar surface area (TPSA) is 76.1 Å². The maximum absolute atomic E-state index is 13.1. The van der Waals surface area contributed by atoms with E-state index < -0.39 is 23.2 Å². The summed E-state index contributed by atoms with van der Waals surface area (Å²) in [5.41, 5.74) is -1.42. The minimum Gasteiger partial charge on any atom is -0.481 e. The fourth-order valence-electron chi connectivity index (χ4n) is 4.87. The molecule has 0 aromatic heterocycles. The van der Waals surface area contributed by atoms with Gasteiger partial charge in [-0.25, -0.2) is 4.79 Å². The molecule has 1 saturated heterocycles. The Morgan fingerprint density at radius 3 is 2.24 bits per heavy atom. The summed E-state index contributed by atoms with van der Waals surface area (Å²) >= 11 is 0. The molecule has 1 N–H and O–H groups in total. The van der Waals surface area contributed by atoms with Crippen molar-refractivity contribution < 1.29 is 24.2 Å². The van der Waals surface area contributed by atoms with E-state index in [0.29, 0.717) is 12.3 Å². The Balaban J connectivity index is 2.30.